The molecule has 0 aromatic heterocycles. The number of rotatable bonds is 4. The summed E-state index contributed by atoms with van der Waals surface area (Å²) >= 11 is 5.82. The van der Waals surface area contributed by atoms with E-state index < -0.39 is 4.92 Å². The van der Waals surface area contributed by atoms with Gasteiger partial charge in [-0.05, 0) is 23.8 Å². The first-order chi connectivity index (χ1) is 9.10. The molecule has 0 aliphatic carbocycles. The SMILES string of the molecule is NCc1cccc(Oc2cc(Cl)ccc2[N+](=O)[O-])c1. The number of nitrogens with two attached hydrogens (primary N) is 1. The number of nitro groups is 1. The van der Waals surface area contributed by atoms with Crippen molar-refractivity contribution in [1.82, 2.24) is 0 Å². The molecule has 0 bridgehead atoms. The summed E-state index contributed by atoms with van der Waals surface area (Å²) in [4.78, 5) is 10.4. The number of hydrogen-bond acceptors (Lipinski definition) is 4. The Kier molecular flexibility index (Phi) is 3.99. The highest BCUT2D eigenvalue weighted by molar-refractivity contribution is 6.30. The normalized spacial score (nSPS) is 10.2. The highest BCUT2D eigenvalue weighted by atomic mass is 35.5. The van der Waals surface area contributed by atoms with E-state index in [1.54, 1.807) is 18.2 Å². The van der Waals surface area contributed by atoms with Gasteiger partial charge < -0.3 is 10.5 Å². The molecule has 0 aliphatic rings. The van der Waals surface area contributed by atoms with Crippen molar-refractivity contribution in [3.8, 4) is 11.5 Å². The number of hydrogen-bond donors (Lipinski definition) is 1. The molecule has 0 saturated carbocycles. The maximum atomic E-state index is 10.9. The van der Waals surface area contributed by atoms with Crippen LogP contribution in [-0.4, -0.2) is 4.92 Å². The van der Waals surface area contributed by atoms with E-state index in [0.717, 1.165) is 5.56 Å². The predicted molar refractivity (Wildman–Crippen MR) is 72.5 cm³/mol. The monoisotopic (exact) mass is 278 g/mol. The zero-order valence-electron chi connectivity index (χ0n) is 9.88. The van der Waals surface area contributed by atoms with Crippen LogP contribution in [0.5, 0.6) is 11.5 Å². The number of benzene rings is 2. The van der Waals surface area contributed by atoms with E-state index in [1.807, 2.05) is 6.07 Å². The second-order valence-corrected chi connectivity index (χ2v) is 4.26. The maximum Gasteiger partial charge on any atom is 0.311 e. The molecule has 2 aromatic rings. The van der Waals surface area contributed by atoms with Crippen molar-refractivity contribution in [2.24, 2.45) is 5.73 Å². The van der Waals surface area contributed by atoms with Gasteiger partial charge in [0.15, 0.2) is 0 Å². The second-order valence-electron chi connectivity index (χ2n) is 3.82. The molecule has 0 fully saturated rings. The summed E-state index contributed by atoms with van der Waals surface area (Å²) in [6.45, 7) is 0.370. The fraction of sp³-hybridized carbons (Fsp3) is 0.0769. The van der Waals surface area contributed by atoms with Gasteiger partial charge in [-0.15, -0.1) is 0 Å². The van der Waals surface area contributed by atoms with Crippen LogP contribution in [0.4, 0.5) is 5.69 Å². The third kappa shape index (κ3) is 3.21. The molecule has 0 aliphatic heterocycles. The molecular formula is C13H11ClN2O3. The molecule has 5 nitrogen and oxygen atoms in total. The van der Waals surface area contributed by atoms with Crippen LogP contribution >= 0.6 is 11.6 Å². The summed E-state index contributed by atoms with van der Waals surface area (Å²) in [6.07, 6.45) is 0. The van der Waals surface area contributed by atoms with E-state index in [9.17, 15) is 10.1 Å². The van der Waals surface area contributed by atoms with E-state index >= 15 is 0 Å². The van der Waals surface area contributed by atoms with Crippen LogP contribution < -0.4 is 10.5 Å². The van der Waals surface area contributed by atoms with E-state index in [0.29, 0.717) is 17.3 Å². The Labute approximate surface area is 114 Å². The van der Waals surface area contributed by atoms with Gasteiger partial charge in [-0.25, -0.2) is 0 Å². The van der Waals surface area contributed by atoms with E-state index in [2.05, 4.69) is 0 Å². The zero-order valence-corrected chi connectivity index (χ0v) is 10.6. The Morgan fingerprint density at radius 3 is 2.74 bits per heavy atom. The minimum Gasteiger partial charge on any atom is -0.450 e. The van der Waals surface area contributed by atoms with Gasteiger partial charge in [0.1, 0.15) is 5.75 Å². The van der Waals surface area contributed by atoms with Crippen LogP contribution in [0.25, 0.3) is 0 Å². The van der Waals surface area contributed by atoms with Gasteiger partial charge in [-0.3, -0.25) is 10.1 Å². The molecule has 2 aromatic carbocycles. The minimum atomic E-state index is -0.515. The lowest BCUT2D eigenvalue weighted by Gasteiger charge is -2.07. The van der Waals surface area contributed by atoms with Crippen LogP contribution in [0.3, 0.4) is 0 Å². The van der Waals surface area contributed by atoms with Gasteiger partial charge >= 0.3 is 5.69 Å². The molecule has 0 saturated heterocycles. The first-order valence-electron chi connectivity index (χ1n) is 5.51. The summed E-state index contributed by atoms with van der Waals surface area (Å²) in [5.74, 6) is 0.583. The average Bonchev–Trinajstić information content (AvgIpc) is 2.38. The van der Waals surface area contributed by atoms with Crippen LogP contribution in [-0.2, 0) is 6.54 Å². The predicted octanol–water partition coefficient (Wildman–Crippen LogP) is 3.50. The molecule has 0 radical (unpaired) electrons. The topological polar surface area (TPSA) is 78.4 Å². The van der Waals surface area contributed by atoms with Crippen molar-refractivity contribution in [3.63, 3.8) is 0 Å². The fourth-order valence-electron chi connectivity index (χ4n) is 1.58. The standard InChI is InChI=1S/C13H11ClN2O3/c14-10-4-5-12(16(17)18)13(7-10)19-11-3-1-2-9(6-11)8-15/h1-7H,8,15H2. The smallest absolute Gasteiger partial charge is 0.311 e. The highest BCUT2D eigenvalue weighted by Crippen LogP contribution is 2.33. The van der Waals surface area contributed by atoms with Crippen molar-refractivity contribution in [1.29, 1.82) is 0 Å². The third-order valence-corrected chi connectivity index (χ3v) is 2.72. The summed E-state index contributed by atoms with van der Waals surface area (Å²) in [7, 11) is 0. The summed E-state index contributed by atoms with van der Waals surface area (Å²) < 4.78 is 5.51. The second kappa shape index (κ2) is 5.69. The van der Waals surface area contributed by atoms with Gasteiger partial charge in [0.25, 0.3) is 0 Å². The molecule has 0 atom stereocenters. The van der Waals surface area contributed by atoms with E-state index in [4.69, 9.17) is 22.1 Å². The van der Waals surface area contributed by atoms with Crippen LogP contribution in [0.2, 0.25) is 5.02 Å². The molecule has 0 heterocycles. The first kappa shape index (κ1) is 13.3. The van der Waals surface area contributed by atoms with Gasteiger partial charge in [0.05, 0.1) is 4.92 Å². The first-order valence-corrected chi connectivity index (χ1v) is 5.89. The van der Waals surface area contributed by atoms with Crippen LogP contribution in [0.15, 0.2) is 42.5 Å². The maximum absolute atomic E-state index is 10.9. The highest BCUT2D eigenvalue weighted by Gasteiger charge is 2.16. The number of ether oxygens (including phenoxy) is 1. The molecule has 98 valence electrons. The zero-order chi connectivity index (χ0) is 13.8. The average molecular weight is 279 g/mol. The Hall–Kier alpha value is -2.11. The van der Waals surface area contributed by atoms with Crippen molar-refractivity contribution in [3.05, 3.63) is 63.2 Å². The van der Waals surface area contributed by atoms with Crippen molar-refractivity contribution in [2.75, 3.05) is 0 Å². The Morgan fingerprint density at radius 1 is 1.26 bits per heavy atom. The molecular weight excluding hydrogens is 268 g/mol. The van der Waals surface area contributed by atoms with Gasteiger partial charge in [0.2, 0.25) is 5.75 Å². The van der Waals surface area contributed by atoms with Crippen molar-refractivity contribution >= 4 is 17.3 Å². The molecule has 2 rings (SSSR count). The van der Waals surface area contributed by atoms with Gasteiger partial charge in [0, 0.05) is 23.7 Å². The lowest BCUT2D eigenvalue weighted by Crippen LogP contribution is -1.97. The Bertz CT molecular complexity index is 617. The quantitative estimate of drug-likeness (QED) is 0.686. The number of nitrogens with zero attached hydrogens (tertiary/aromatic N) is 1. The lowest BCUT2D eigenvalue weighted by molar-refractivity contribution is -0.385. The van der Waals surface area contributed by atoms with Gasteiger partial charge in [-0.2, -0.15) is 0 Å². The summed E-state index contributed by atoms with van der Waals surface area (Å²) in [5.41, 5.74) is 6.27. The van der Waals surface area contributed by atoms with Gasteiger partial charge in [-0.1, -0.05) is 23.7 Å². The Balaban J connectivity index is 2.36. The molecule has 0 unspecified atom stereocenters. The molecule has 6 heteroatoms. The largest absolute Gasteiger partial charge is 0.450 e. The van der Waals surface area contributed by atoms with E-state index in [-0.39, 0.29) is 11.4 Å². The molecule has 2 N–H and O–H groups in total. The van der Waals surface area contributed by atoms with Crippen molar-refractivity contribution in [2.45, 2.75) is 6.54 Å². The summed E-state index contributed by atoms with van der Waals surface area (Å²) in [5, 5.41) is 11.3. The van der Waals surface area contributed by atoms with Crippen LogP contribution in [0.1, 0.15) is 5.56 Å². The summed E-state index contributed by atoms with van der Waals surface area (Å²) in [6, 6.07) is 11.2. The third-order valence-electron chi connectivity index (χ3n) is 2.48. The lowest BCUT2D eigenvalue weighted by atomic mass is 10.2. The Morgan fingerprint density at radius 2 is 2.05 bits per heavy atom. The number of nitro benzene ring substituents is 1. The number of halogens is 1. The van der Waals surface area contributed by atoms with E-state index in [1.165, 1.54) is 18.2 Å². The van der Waals surface area contributed by atoms with Crippen molar-refractivity contribution < 1.29 is 9.66 Å². The molecule has 0 amide bonds. The van der Waals surface area contributed by atoms with Crippen LogP contribution in [0, 0.1) is 10.1 Å². The fourth-order valence-corrected chi connectivity index (χ4v) is 1.75. The minimum absolute atomic E-state index is 0.103. The molecule has 0 spiro atoms. The molecule has 19 heavy (non-hydrogen) atoms.